The van der Waals surface area contributed by atoms with Crippen molar-refractivity contribution in [3.8, 4) is 5.75 Å². The maximum atomic E-state index is 13.0. The molecule has 0 bridgehead atoms. The molecule has 1 N–H and O–H groups in total. The predicted octanol–water partition coefficient (Wildman–Crippen LogP) is 5.91. The van der Waals surface area contributed by atoms with Gasteiger partial charge in [-0.25, -0.2) is 0 Å². The topological polar surface area (TPSA) is 78.4 Å². The van der Waals surface area contributed by atoms with E-state index < -0.39 is 0 Å². The first kappa shape index (κ1) is 21.4. The number of benzene rings is 2. The Morgan fingerprint density at radius 2 is 2.00 bits per heavy atom. The minimum atomic E-state index is -0.199. The number of amidine groups is 1. The van der Waals surface area contributed by atoms with Crippen molar-refractivity contribution in [3.63, 3.8) is 0 Å². The van der Waals surface area contributed by atoms with Gasteiger partial charge < -0.3 is 9.52 Å². The molecule has 0 saturated carbocycles. The number of hydrogen-bond donors (Lipinski definition) is 1. The molecule has 6 nitrogen and oxygen atoms in total. The number of thioether (sulfide) groups is 1. The molecule has 2 heterocycles. The first-order chi connectivity index (χ1) is 15.0. The first-order valence-electron chi connectivity index (χ1n) is 9.08. The Bertz CT molecular complexity index is 1190. The van der Waals surface area contributed by atoms with Gasteiger partial charge in [-0.3, -0.25) is 9.69 Å². The highest BCUT2D eigenvalue weighted by molar-refractivity contribution is 9.10. The van der Waals surface area contributed by atoms with E-state index in [1.807, 2.05) is 12.1 Å². The molecule has 4 rings (SSSR count). The van der Waals surface area contributed by atoms with Crippen LogP contribution in [0.3, 0.4) is 0 Å². The molecule has 0 spiro atoms. The van der Waals surface area contributed by atoms with Gasteiger partial charge in [0.05, 0.1) is 23.9 Å². The molecule has 1 aliphatic heterocycles. The smallest absolute Gasteiger partial charge is 0.267 e. The highest BCUT2D eigenvalue weighted by Crippen LogP contribution is 2.34. The third kappa shape index (κ3) is 5.28. The summed E-state index contributed by atoms with van der Waals surface area (Å²) in [6, 6.07) is 15.8. The normalized spacial score (nSPS) is 16.8. The SMILES string of the molecule is O=C1/C(=C/c2ccc(Cl)cc2)S/C(=N/N=C\c2cc(Br)ccc2O)N1Cc1ccco1. The van der Waals surface area contributed by atoms with E-state index in [2.05, 4.69) is 26.1 Å². The molecule has 0 unspecified atom stereocenters. The summed E-state index contributed by atoms with van der Waals surface area (Å²) in [4.78, 5) is 15.0. The van der Waals surface area contributed by atoms with Gasteiger partial charge in [0.15, 0.2) is 5.17 Å². The predicted molar refractivity (Wildman–Crippen MR) is 127 cm³/mol. The second kappa shape index (κ2) is 9.55. The molecule has 3 aromatic rings. The van der Waals surface area contributed by atoms with Crippen LogP contribution in [0.15, 0.2) is 84.9 Å². The molecular formula is C22H15BrClN3O3S. The summed E-state index contributed by atoms with van der Waals surface area (Å²) in [5.74, 6) is 0.511. The number of amides is 1. The number of carbonyl (C=O) groups excluding carboxylic acids is 1. The molecule has 1 aliphatic rings. The van der Waals surface area contributed by atoms with Crippen molar-refractivity contribution < 1.29 is 14.3 Å². The van der Waals surface area contributed by atoms with E-state index >= 15 is 0 Å². The van der Waals surface area contributed by atoms with Gasteiger partial charge in [0.1, 0.15) is 11.5 Å². The molecule has 1 saturated heterocycles. The van der Waals surface area contributed by atoms with E-state index in [1.54, 1.807) is 54.8 Å². The summed E-state index contributed by atoms with van der Waals surface area (Å²) in [6.07, 6.45) is 4.77. The summed E-state index contributed by atoms with van der Waals surface area (Å²) in [7, 11) is 0. The van der Waals surface area contributed by atoms with Gasteiger partial charge in [-0.05, 0) is 65.9 Å². The summed E-state index contributed by atoms with van der Waals surface area (Å²) < 4.78 is 6.20. The highest BCUT2D eigenvalue weighted by Gasteiger charge is 2.34. The molecule has 0 atom stereocenters. The van der Waals surface area contributed by atoms with Crippen LogP contribution in [0.1, 0.15) is 16.9 Å². The van der Waals surface area contributed by atoms with Crippen LogP contribution in [0.5, 0.6) is 5.75 Å². The molecule has 2 aromatic carbocycles. The lowest BCUT2D eigenvalue weighted by Gasteiger charge is -2.12. The Kier molecular flexibility index (Phi) is 6.60. The Labute approximate surface area is 196 Å². The number of halogens is 2. The number of rotatable bonds is 5. The van der Waals surface area contributed by atoms with Crippen LogP contribution < -0.4 is 0 Å². The van der Waals surface area contributed by atoms with Gasteiger partial charge in [0.25, 0.3) is 5.91 Å². The van der Waals surface area contributed by atoms with E-state index in [9.17, 15) is 9.90 Å². The lowest BCUT2D eigenvalue weighted by atomic mass is 10.2. The lowest BCUT2D eigenvalue weighted by molar-refractivity contribution is -0.122. The average Bonchev–Trinajstić information content (AvgIpc) is 3.36. The Morgan fingerprint density at radius 3 is 2.74 bits per heavy atom. The van der Waals surface area contributed by atoms with Gasteiger partial charge in [-0.15, -0.1) is 5.10 Å². The third-order valence-corrected chi connectivity index (χ3v) is 6.02. The molecule has 0 aliphatic carbocycles. The summed E-state index contributed by atoms with van der Waals surface area (Å²) in [5, 5.41) is 19.3. The molecule has 1 aromatic heterocycles. The monoisotopic (exact) mass is 515 g/mol. The molecular weight excluding hydrogens is 502 g/mol. The van der Waals surface area contributed by atoms with Gasteiger partial charge in [-0.2, -0.15) is 5.10 Å². The zero-order chi connectivity index (χ0) is 21.8. The van der Waals surface area contributed by atoms with Gasteiger partial charge in [0, 0.05) is 15.1 Å². The van der Waals surface area contributed by atoms with Crippen LogP contribution in [0.25, 0.3) is 6.08 Å². The van der Waals surface area contributed by atoms with E-state index in [0.717, 1.165) is 10.0 Å². The van der Waals surface area contributed by atoms with Crippen LogP contribution in [0, 0.1) is 0 Å². The molecule has 31 heavy (non-hydrogen) atoms. The van der Waals surface area contributed by atoms with E-state index in [1.165, 1.54) is 22.9 Å². The molecule has 0 radical (unpaired) electrons. The lowest BCUT2D eigenvalue weighted by Crippen LogP contribution is -2.28. The van der Waals surface area contributed by atoms with Crippen molar-refractivity contribution in [1.82, 2.24) is 4.90 Å². The van der Waals surface area contributed by atoms with Crippen molar-refractivity contribution >= 4 is 62.7 Å². The van der Waals surface area contributed by atoms with E-state index in [0.29, 0.717) is 26.4 Å². The summed E-state index contributed by atoms with van der Waals surface area (Å²) in [5.41, 5.74) is 1.35. The zero-order valence-electron chi connectivity index (χ0n) is 15.9. The number of hydrogen-bond acceptors (Lipinski definition) is 6. The first-order valence-corrected chi connectivity index (χ1v) is 11.1. The second-order valence-electron chi connectivity index (χ2n) is 6.46. The largest absolute Gasteiger partial charge is 0.507 e. The molecule has 156 valence electrons. The number of furan rings is 1. The van der Waals surface area contributed by atoms with Crippen molar-refractivity contribution in [2.24, 2.45) is 10.2 Å². The minimum absolute atomic E-state index is 0.0815. The van der Waals surface area contributed by atoms with Crippen LogP contribution in [0.4, 0.5) is 0 Å². The van der Waals surface area contributed by atoms with E-state index in [4.69, 9.17) is 16.0 Å². The van der Waals surface area contributed by atoms with Crippen LogP contribution >= 0.6 is 39.3 Å². The quantitative estimate of drug-likeness (QED) is 0.260. The number of phenols is 1. The van der Waals surface area contributed by atoms with Crippen molar-refractivity contribution in [2.75, 3.05) is 0 Å². The zero-order valence-corrected chi connectivity index (χ0v) is 19.1. The summed E-state index contributed by atoms with van der Waals surface area (Å²) >= 11 is 10.5. The van der Waals surface area contributed by atoms with Crippen molar-refractivity contribution in [3.05, 3.63) is 92.1 Å². The van der Waals surface area contributed by atoms with Crippen LogP contribution in [0.2, 0.25) is 5.02 Å². The molecule has 1 amide bonds. The number of carbonyl (C=O) groups is 1. The fraction of sp³-hybridized carbons (Fsp3) is 0.0455. The standard InChI is InChI=1S/C22H15BrClN3O3S/c23-16-5-8-19(28)15(11-16)12-25-26-22-27(13-18-2-1-9-30-18)21(29)20(31-22)10-14-3-6-17(24)7-4-14/h1-12,28H,13H2/b20-10-,25-12-,26-22+. The number of phenolic OH excluding ortho intramolecular Hbond substituents is 1. The highest BCUT2D eigenvalue weighted by atomic mass is 79.9. The number of nitrogens with zero attached hydrogens (tertiary/aromatic N) is 3. The van der Waals surface area contributed by atoms with Crippen LogP contribution in [-0.4, -0.2) is 27.3 Å². The van der Waals surface area contributed by atoms with Gasteiger partial charge >= 0.3 is 0 Å². The van der Waals surface area contributed by atoms with Gasteiger partial charge in [-0.1, -0.05) is 39.7 Å². The fourth-order valence-electron chi connectivity index (χ4n) is 2.76. The maximum Gasteiger partial charge on any atom is 0.267 e. The van der Waals surface area contributed by atoms with Gasteiger partial charge in [0.2, 0.25) is 0 Å². The second-order valence-corrected chi connectivity index (χ2v) is 8.82. The van der Waals surface area contributed by atoms with E-state index in [-0.39, 0.29) is 18.2 Å². The van der Waals surface area contributed by atoms with Crippen molar-refractivity contribution in [1.29, 1.82) is 0 Å². The average molecular weight is 517 g/mol. The van der Waals surface area contributed by atoms with Crippen molar-refractivity contribution in [2.45, 2.75) is 6.54 Å². The molecule has 9 heteroatoms. The number of aromatic hydroxyl groups is 1. The van der Waals surface area contributed by atoms with Crippen LogP contribution in [-0.2, 0) is 11.3 Å². The minimum Gasteiger partial charge on any atom is -0.507 e. The molecule has 1 fully saturated rings. The Morgan fingerprint density at radius 1 is 1.19 bits per heavy atom. The summed E-state index contributed by atoms with van der Waals surface area (Å²) in [6.45, 7) is 0.229. The third-order valence-electron chi connectivity index (χ3n) is 4.28. The fourth-order valence-corrected chi connectivity index (χ4v) is 4.20. The Hall–Kier alpha value is -2.81. The Balaban J connectivity index is 1.63. The maximum absolute atomic E-state index is 13.0.